The summed E-state index contributed by atoms with van der Waals surface area (Å²) in [5.74, 6) is 0.308. The van der Waals surface area contributed by atoms with E-state index in [0.29, 0.717) is 22.1 Å². The van der Waals surface area contributed by atoms with E-state index in [-0.39, 0.29) is 11.8 Å². The first-order chi connectivity index (χ1) is 14.8. The zero-order valence-corrected chi connectivity index (χ0v) is 18.3. The van der Waals surface area contributed by atoms with Gasteiger partial charge in [-0.05, 0) is 61.4 Å². The van der Waals surface area contributed by atoms with Crippen LogP contribution in [0.4, 0.5) is 0 Å². The molecule has 160 valence electrons. The van der Waals surface area contributed by atoms with E-state index in [0.717, 1.165) is 11.1 Å². The Bertz CT molecular complexity index is 1070. The Balaban J connectivity index is 1.61. The quantitative estimate of drug-likeness (QED) is 0.411. The fraction of sp³-hybridized carbons (Fsp3) is 0.208. The summed E-state index contributed by atoms with van der Waals surface area (Å²) in [5.41, 5.74) is 4.91. The highest BCUT2D eigenvalue weighted by Gasteiger charge is 2.24. The van der Waals surface area contributed by atoms with Crippen LogP contribution < -0.4 is 10.7 Å². The van der Waals surface area contributed by atoms with E-state index in [4.69, 9.17) is 16.0 Å². The maximum Gasteiger partial charge on any atom is 0.262 e. The molecule has 1 atom stereocenters. The molecule has 1 unspecified atom stereocenters. The van der Waals surface area contributed by atoms with Gasteiger partial charge in [0.1, 0.15) is 17.6 Å². The van der Waals surface area contributed by atoms with Crippen molar-refractivity contribution in [1.82, 2.24) is 10.7 Å². The Labute approximate surface area is 186 Å². The van der Waals surface area contributed by atoms with Gasteiger partial charge < -0.3 is 9.73 Å². The molecule has 1 aromatic heterocycles. The average Bonchev–Trinajstić information content (AvgIpc) is 3.21. The Morgan fingerprint density at radius 3 is 2.32 bits per heavy atom. The second-order valence-corrected chi connectivity index (χ2v) is 7.94. The predicted octanol–water partition coefficient (Wildman–Crippen LogP) is 4.81. The molecule has 0 aliphatic rings. The van der Waals surface area contributed by atoms with Crippen molar-refractivity contribution in [2.45, 2.75) is 26.8 Å². The van der Waals surface area contributed by atoms with Crippen molar-refractivity contribution in [3.63, 3.8) is 0 Å². The fourth-order valence-corrected chi connectivity index (χ4v) is 3.01. The van der Waals surface area contributed by atoms with Crippen LogP contribution in [0.15, 0.2) is 70.2 Å². The van der Waals surface area contributed by atoms with Crippen LogP contribution in [0.3, 0.4) is 0 Å². The number of nitrogens with one attached hydrogen (secondary N) is 2. The second-order valence-electron chi connectivity index (χ2n) is 7.50. The Morgan fingerprint density at radius 1 is 1.00 bits per heavy atom. The highest BCUT2D eigenvalue weighted by molar-refractivity contribution is 6.30. The molecule has 6 nitrogen and oxygen atoms in total. The van der Waals surface area contributed by atoms with E-state index >= 15 is 0 Å². The van der Waals surface area contributed by atoms with Crippen molar-refractivity contribution in [1.29, 1.82) is 0 Å². The first-order valence-corrected chi connectivity index (χ1v) is 10.3. The molecule has 0 aliphatic carbocycles. The molecule has 2 N–H and O–H groups in total. The molecule has 3 aromatic rings. The second kappa shape index (κ2) is 10.1. The third kappa shape index (κ3) is 6.06. The molecule has 3 rings (SSSR count). The molecule has 0 bridgehead atoms. The van der Waals surface area contributed by atoms with Crippen LogP contribution in [0.2, 0.25) is 5.02 Å². The van der Waals surface area contributed by atoms with Crippen LogP contribution >= 0.6 is 11.6 Å². The normalized spacial score (nSPS) is 12.2. The lowest BCUT2D eigenvalue weighted by Crippen LogP contribution is -2.48. The summed E-state index contributed by atoms with van der Waals surface area (Å²) in [6, 6.07) is 17.3. The lowest BCUT2D eigenvalue weighted by molar-refractivity contribution is -0.123. The summed E-state index contributed by atoms with van der Waals surface area (Å²) in [4.78, 5) is 25.0. The van der Waals surface area contributed by atoms with Gasteiger partial charge in [-0.3, -0.25) is 9.59 Å². The van der Waals surface area contributed by atoms with Crippen LogP contribution in [0.25, 0.3) is 11.3 Å². The molecule has 0 radical (unpaired) electrons. The number of halogens is 1. The number of nitrogens with zero attached hydrogens (tertiary/aromatic N) is 1. The van der Waals surface area contributed by atoms with Crippen molar-refractivity contribution in [2.75, 3.05) is 0 Å². The zero-order valence-electron chi connectivity index (χ0n) is 17.6. The van der Waals surface area contributed by atoms with Gasteiger partial charge in [-0.2, -0.15) is 5.10 Å². The molecule has 0 saturated heterocycles. The summed E-state index contributed by atoms with van der Waals surface area (Å²) in [7, 11) is 0. The third-order valence-corrected chi connectivity index (χ3v) is 4.92. The van der Waals surface area contributed by atoms with Crippen molar-refractivity contribution >= 4 is 29.6 Å². The summed E-state index contributed by atoms with van der Waals surface area (Å²) in [5, 5.41) is 7.39. The molecular weight excluding hydrogens is 414 g/mol. The van der Waals surface area contributed by atoms with E-state index in [9.17, 15) is 9.59 Å². The summed E-state index contributed by atoms with van der Waals surface area (Å²) < 4.78 is 5.72. The number of carbonyl (C=O) groups excluding carboxylic acids is 2. The lowest BCUT2D eigenvalue weighted by Gasteiger charge is -2.20. The molecule has 1 heterocycles. The fourth-order valence-electron chi connectivity index (χ4n) is 2.89. The Morgan fingerprint density at radius 2 is 1.68 bits per heavy atom. The zero-order chi connectivity index (χ0) is 22.4. The van der Waals surface area contributed by atoms with Crippen molar-refractivity contribution in [3.8, 4) is 11.3 Å². The van der Waals surface area contributed by atoms with Crippen LogP contribution in [0.5, 0.6) is 0 Å². The maximum atomic E-state index is 12.6. The molecule has 31 heavy (non-hydrogen) atoms. The first kappa shape index (κ1) is 22.3. The van der Waals surface area contributed by atoms with Crippen LogP contribution in [-0.4, -0.2) is 24.1 Å². The summed E-state index contributed by atoms with van der Waals surface area (Å²) >= 11 is 5.90. The Hall–Kier alpha value is -3.38. The molecular formula is C24H24ClN3O3. The smallest absolute Gasteiger partial charge is 0.262 e. The van der Waals surface area contributed by atoms with E-state index in [1.54, 1.807) is 30.3 Å². The molecule has 2 amide bonds. The monoisotopic (exact) mass is 437 g/mol. The molecule has 2 aromatic carbocycles. The van der Waals surface area contributed by atoms with Gasteiger partial charge in [-0.25, -0.2) is 5.43 Å². The lowest BCUT2D eigenvalue weighted by atomic mass is 10.0. The molecule has 7 heteroatoms. The van der Waals surface area contributed by atoms with Crippen molar-refractivity contribution in [3.05, 3.63) is 82.6 Å². The minimum atomic E-state index is -0.729. The van der Waals surface area contributed by atoms with E-state index < -0.39 is 11.9 Å². The van der Waals surface area contributed by atoms with Gasteiger partial charge in [0.15, 0.2) is 0 Å². The molecule has 0 fully saturated rings. The van der Waals surface area contributed by atoms with Gasteiger partial charge in [0, 0.05) is 16.1 Å². The van der Waals surface area contributed by atoms with Crippen LogP contribution in [0, 0.1) is 12.8 Å². The highest BCUT2D eigenvalue weighted by Crippen LogP contribution is 2.23. The van der Waals surface area contributed by atoms with Gasteiger partial charge in [0.25, 0.3) is 11.8 Å². The van der Waals surface area contributed by atoms with Crippen LogP contribution in [0.1, 0.15) is 35.5 Å². The summed E-state index contributed by atoms with van der Waals surface area (Å²) in [6.07, 6.45) is 1.41. The van der Waals surface area contributed by atoms with Gasteiger partial charge in [0.05, 0.1) is 6.21 Å². The first-order valence-electron chi connectivity index (χ1n) is 9.89. The minimum Gasteiger partial charge on any atom is -0.455 e. The van der Waals surface area contributed by atoms with E-state index in [2.05, 4.69) is 15.8 Å². The molecule has 0 aliphatic heterocycles. The SMILES string of the molecule is Cc1ccc(C(=O)NC(C(=O)N/N=C/c2ccc(-c3ccc(Cl)cc3)o2)C(C)C)cc1. The third-order valence-electron chi connectivity index (χ3n) is 4.67. The standard InChI is InChI=1S/C24H24ClN3O3/c1-15(2)22(27-23(29)18-6-4-16(3)5-7-18)24(30)28-26-14-20-12-13-21(31-20)17-8-10-19(25)11-9-17/h4-15,22H,1-3H3,(H,27,29)(H,28,30)/b26-14+. The van der Waals surface area contributed by atoms with Crippen LogP contribution in [-0.2, 0) is 4.79 Å². The predicted molar refractivity (Wildman–Crippen MR) is 122 cm³/mol. The number of carbonyl (C=O) groups is 2. The van der Waals surface area contributed by atoms with Crippen molar-refractivity contribution in [2.24, 2.45) is 11.0 Å². The van der Waals surface area contributed by atoms with Gasteiger partial charge >= 0.3 is 0 Å². The minimum absolute atomic E-state index is 0.121. The summed E-state index contributed by atoms with van der Waals surface area (Å²) in [6.45, 7) is 5.66. The number of hydrogen-bond donors (Lipinski definition) is 2. The average molecular weight is 438 g/mol. The largest absolute Gasteiger partial charge is 0.455 e. The number of hydrazone groups is 1. The number of furan rings is 1. The number of aryl methyl sites for hydroxylation is 1. The number of rotatable bonds is 7. The van der Waals surface area contributed by atoms with Gasteiger partial charge in [-0.15, -0.1) is 0 Å². The van der Waals surface area contributed by atoms with Gasteiger partial charge in [-0.1, -0.05) is 43.1 Å². The van der Waals surface area contributed by atoms with E-state index in [1.165, 1.54) is 6.21 Å². The number of benzene rings is 2. The van der Waals surface area contributed by atoms with E-state index in [1.807, 2.05) is 51.1 Å². The van der Waals surface area contributed by atoms with Crippen molar-refractivity contribution < 1.29 is 14.0 Å². The molecule has 0 saturated carbocycles. The number of hydrogen-bond acceptors (Lipinski definition) is 4. The topological polar surface area (TPSA) is 83.7 Å². The molecule has 0 spiro atoms. The highest BCUT2D eigenvalue weighted by atomic mass is 35.5. The maximum absolute atomic E-state index is 12.6. The van der Waals surface area contributed by atoms with Gasteiger partial charge in [0.2, 0.25) is 0 Å². The number of amides is 2. The Kier molecular flexibility index (Phi) is 7.26.